The number of likely N-dealkylation sites (tertiary alicyclic amines) is 1. The van der Waals surface area contributed by atoms with Crippen molar-refractivity contribution in [1.82, 2.24) is 14.9 Å². The van der Waals surface area contributed by atoms with Crippen LogP contribution in [0.3, 0.4) is 0 Å². The molecule has 0 radical (unpaired) electrons. The SMILES string of the molecule is C#CCCC(=O)c1ccc(-c2cccc(Nc3cccc(C(C)O)c3)c2)s1.CC(O)c1cccc(Nc2cccc(-c3ccc(C(=O)C(C(C)C)C(C)C)s3)c2)c1.CC1CCCN(C(=O)c2ccc(-c3ccnc(Nc4cccc(C(C)O)c4)n3)s2)C1.Cc1ccc(CCC(=O)c2ccc(-c3cccc(Nc4cccc(C(C)O)c4)c3)s2)cc1. The molecule has 13 aromatic rings. The molecule has 0 bridgehead atoms. The molecular formula is C100H105N7O8S4. The highest BCUT2D eigenvalue weighted by Crippen LogP contribution is 2.38. The molecule has 0 saturated carbocycles. The summed E-state index contributed by atoms with van der Waals surface area (Å²) in [7, 11) is 0. The standard InChI is InChI=1S/C28H27NO2S.C26H31NO2S.C23H26N4O2S.C23H21NO2S/c1-19-9-11-21(12-10-19)13-14-26(31)28-16-15-27(32-28)23-6-4-8-25(18-23)29-24-7-3-5-22(17-24)20(2)30;1-16(2)25(17(3)4)26(29)24-13-12-23(30-24)20-9-7-11-22(15-20)27-21-10-6-8-19(14-21)18(5)28;1-15-5-4-12-27(14-15)22(29)21-9-8-20(30-21)19-10-11-24-23(26-19)25-18-7-3-6-17(13-18)16(2)28;1-3-4-11-21(26)23-13-12-22(27-23)18-8-6-10-20(15-18)24-19-9-5-7-17(14-19)16(2)25/h3-12,15-18,20,29-30H,13-14H2,1-2H3;6-18,25,27-28H,1-5H3;3,6-11,13,15-16,28H,4-5,12,14H2,1-2H3,(H,24,25,26);1,5-10,12-16,24-25H,4,11H2,2H3. The van der Waals surface area contributed by atoms with E-state index in [-0.39, 0.29) is 29.2 Å². The number of thiophene rings is 4. The topological polar surface area (TPSA) is 226 Å². The Kier molecular flexibility index (Phi) is 31.9. The Bertz CT molecular complexity index is 5580. The number of nitrogens with zero attached hydrogens (tertiary/aromatic N) is 3. The molecule has 15 nitrogen and oxygen atoms in total. The summed E-state index contributed by atoms with van der Waals surface area (Å²) in [6.45, 7) is 21.4. The van der Waals surface area contributed by atoms with E-state index in [0.717, 1.165) is 149 Å². The van der Waals surface area contributed by atoms with Gasteiger partial charge in [-0.2, -0.15) is 0 Å². The molecule has 1 amide bonds. The van der Waals surface area contributed by atoms with E-state index < -0.39 is 24.4 Å². The number of aromatic nitrogens is 2. The van der Waals surface area contributed by atoms with Crippen LogP contribution in [0.15, 0.2) is 255 Å². The molecule has 0 aliphatic carbocycles. The number of carbonyl (C=O) groups excluding carboxylic acids is 4. The van der Waals surface area contributed by atoms with Crippen molar-refractivity contribution in [2.24, 2.45) is 23.7 Å². The number of hydrogen-bond acceptors (Lipinski definition) is 18. The van der Waals surface area contributed by atoms with Crippen molar-refractivity contribution < 1.29 is 39.6 Å². The van der Waals surface area contributed by atoms with Gasteiger partial charge in [-0.05, 0) is 256 Å². The van der Waals surface area contributed by atoms with Crippen LogP contribution in [0, 0.1) is 42.9 Å². The third-order valence-corrected chi connectivity index (χ3v) is 24.9. The average Bonchev–Trinajstić information content (AvgIpc) is 1.76. The maximum Gasteiger partial charge on any atom is 0.263 e. The molecule has 1 fully saturated rings. The van der Waals surface area contributed by atoms with Crippen LogP contribution in [0.25, 0.3) is 41.9 Å². The molecule has 612 valence electrons. The minimum atomic E-state index is -0.538. The maximum absolute atomic E-state index is 13.0. The number of benzene rings is 8. The number of nitrogens with one attached hydrogen (secondary N) is 4. The molecule has 5 aromatic heterocycles. The van der Waals surface area contributed by atoms with Crippen molar-refractivity contribution in [1.29, 1.82) is 0 Å². The van der Waals surface area contributed by atoms with Gasteiger partial charge >= 0.3 is 0 Å². The van der Waals surface area contributed by atoms with Gasteiger partial charge in [-0.25, -0.2) is 9.97 Å². The Balaban J connectivity index is 0.000000156. The highest BCUT2D eigenvalue weighted by molar-refractivity contribution is 7.18. The fourth-order valence-corrected chi connectivity index (χ4v) is 17.8. The average molecular weight is 1660 g/mol. The number of terminal acetylenes is 1. The predicted octanol–water partition coefficient (Wildman–Crippen LogP) is 25.3. The van der Waals surface area contributed by atoms with Crippen LogP contribution in [-0.4, -0.2) is 71.6 Å². The third kappa shape index (κ3) is 25.6. The summed E-state index contributed by atoms with van der Waals surface area (Å²) in [5.41, 5.74) is 16.3. The van der Waals surface area contributed by atoms with Gasteiger partial charge in [-0.15, -0.1) is 57.7 Å². The maximum atomic E-state index is 13.0. The van der Waals surface area contributed by atoms with Crippen molar-refractivity contribution in [3.63, 3.8) is 0 Å². The second-order valence-corrected chi connectivity index (χ2v) is 35.1. The molecule has 119 heavy (non-hydrogen) atoms. The normalized spacial score (nSPS) is 13.4. The fraction of sp³-hybridized carbons (Fsp3) is 0.260. The minimum absolute atomic E-state index is 0.0469. The first-order valence-corrected chi connectivity index (χ1v) is 43.7. The van der Waals surface area contributed by atoms with Gasteiger partial charge in [0.15, 0.2) is 17.3 Å². The Hall–Kier alpha value is -11.3. The van der Waals surface area contributed by atoms with Gasteiger partial charge in [0.2, 0.25) is 5.95 Å². The van der Waals surface area contributed by atoms with E-state index in [9.17, 15) is 39.6 Å². The second-order valence-electron chi connectivity index (χ2n) is 30.8. The number of aliphatic hydroxyl groups is 4. The Morgan fingerprint density at radius 2 is 0.849 bits per heavy atom. The Labute approximate surface area is 716 Å². The molecule has 1 saturated heterocycles. The quantitative estimate of drug-likeness (QED) is 0.0169. The van der Waals surface area contributed by atoms with Gasteiger partial charge in [0.25, 0.3) is 5.91 Å². The molecule has 8 N–H and O–H groups in total. The number of aryl methyl sites for hydroxylation is 2. The van der Waals surface area contributed by atoms with Gasteiger partial charge in [-0.3, -0.25) is 19.2 Å². The summed E-state index contributed by atoms with van der Waals surface area (Å²) in [4.78, 5) is 68.9. The van der Waals surface area contributed by atoms with Crippen LogP contribution in [-0.2, 0) is 6.42 Å². The molecule has 1 aliphatic heterocycles. The monoisotopic (exact) mass is 1660 g/mol. The molecule has 14 rings (SSSR count). The number of ketones is 3. The lowest BCUT2D eigenvalue weighted by molar-refractivity contribution is 0.0687. The predicted molar refractivity (Wildman–Crippen MR) is 494 cm³/mol. The first kappa shape index (κ1) is 88.5. The molecular weight excluding hydrogens is 1560 g/mol. The number of rotatable bonds is 28. The van der Waals surface area contributed by atoms with Crippen molar-refractivity contribution >= 4 is 114 Å². The zero-order chi connectivity index (χ0) is 84.7. The number of Topliss-reactive ketones (excluding diaryl/α,β-unsaturated/α-hetero) is 3. The van der Waals surface area contributed by atoms with Crippen LogP contribution in [0.1, 0.15) is 191 Å². The Morgan fingerprint density at radius 3 is 1.28 bits per heavy atom. The lowest BCUT2D eigenvalue weighted by Gasteiger charge is -2.30. The van der Waals surface area contributed by atoms with E-state index in [0.29, 0.717) is 43.0 Å². The number of anilines is 8. The van der Waals surface area contributed by atoms with Crippen LogP contribution in [0.4, 0.5) is 45.8 Å². The van der Waals surface area contributed by atoms with Crippen LogP contribution < -0.4 is 21.3 Å². The summed E-state index contributed by atoms with van der Waals surface area (Å²) < 4.78 is 0. The summed E-state index contributed by atoms with van der Waals surface area (Å²) in [5.74, 6) is 4.88. The summed E-state index contributed by atoms with van der Waals surface area (Å²) in [6, 6.07) is 81.1. The molecule has 6 heterocycles. The highest BCUT2D eigenvalue weighted by Gasteiger charge is 2.29. The number of piperidine rings is 1. The first-order valence-electron chi connectivity index (χ1n) is 40.4. The van der Waals surface area contributed by atoms with E-state index in [4.69, 9.17) is 6.42 Å². The van der Waals surface area contributed by atoms with Gasteiger partial charge in [0, 0.05) is 98.9 Å². The molecule has 5 atom stereocenters. The first-order chi connectivity index (χ1) is 57.3. The van der Waals surface area contributed by atoms with E-state index in [1.165, 1.54) is 40.2 Å². The van der Waals surface area contributed by atoms with E-state index in [1.807, 2.05) is 199 Å². The molecule has 1 aliphatic rings. The van der Waals surface area contributed by atoms with Crippen molar-refractivity contribution in [2.45, 2.75) is 132 Å². The number of carbonyl (C=O) groups is 4. The molecule has 19 heteroatoms. The summed E-state index contributed by atoms with van der Waals surface area (Å²) in [5, 5.41) is 52.5. The van der Waals surface area contributed by atoms with Gasteiger partial charge in [0.1, 0.15) is 0 Å². The highest BCUT2D eigenvalue weighted by atomic mass is 32.1. The lowest BCUT2D eigenvalue weighted by Crippen LogP contribution is -2.38. The van der Waals surface area contributed by atoms with Gasteiger partial charge in [0.05, 0.1) is 54.5 Å². The largest absolute Gasteiger partial charge is 0.389 e. The summed E-state index contributed by atoms with van der Waals surface area (Å²) in [6.07, 6.45) is 9.29. The number of aliphatic hydroxyl groups excluding tert-OH is 4. The summed E-state index contributed by atoms with van der Waals surface area (Å²) >= 11 is 6.07. The van der Waals surface area contributed by atoms with Crippen LogP contribution in [0.5, 0.6) is 0 Å². The fourth-order valence-electron chi connectivity index (χ4n) is 14.0. The molecule has 8 aromatic carbocycles. The zero-order valence-electron chi connectivity index (χ0n) is 69.0. The minimum Gasteiger partial charge on any atom is -0.389 e. The zero-order valence-corrected chi connectivity index (χ0v) is 72.3. The van der Waals surface area contributed by atoms with Crippen LogP contribution >= 0.6 is 45.3 Å². The van der Waals surface area contributed by atoms with Gasteiger partial charge in [-0.1, -0.05) is 149 Å². The van der Waals surface area contributed by atoms with Crippen molar-refractivity contribution in [2.75, 3.05) is 34.4 Å². The number of amides is 1. The third-order valence-electron chi connectivity index (χ3n) is 20.3. The van der Waals surface area contributed by atoms with E-state index in [2.05, 4.69) is 133 Å². The van der Waals surface area contributed by atoms with Crippen molar-refractivity contribution in [3.05, 3.63) is 308 Å². The van der Waals surface area contributed by atoms with Crippen LogP contribution in [0.2, 0.25) is 0 Å². The number of hydrogen-bond donors (Lipinski definition) is 8. The smallest absolute Gasteiger partial charge is 0.263 e. The van der Waals surface area contributed by atoms with Gasteiger partial charge < -0.3 is 46.6 Å². The van der Waals surface area contributed by atoms with E-state index >= 15 is 0 Å². The van der Waals surface area contributed by atoms with E-state index in [1.54, 1.807) is 56.6 Å². The van der Waals surface area contributed by atoms with Crippen molar-refractivity contribution in [3.8, 4) is 54.2 Å². The lowest BCUT2D eigenvalue weighted by atomic mass is 9.82. The Morgan fingerprint density at radius 1 is 0.462 bits per heavy atom. The molecule has 0 spiro atoms. The molecule has 5 unspecified atom stereocenters. The second kappa shape index (κ2) is 42.9.